The van der Waals surface area contributed by atoms with Gasteiger partial charge in [-0.05, 0) is 98.7 Å². The van der Waals surface area contributed by atoms with Gasteiger partial charge in [0.05, 0.1) is 38.1 Å². The normalized spacial score (nSPS) is 44.2. The molecule has 0 aromatic carbocycles. The maximum Gasteiger partial charge on any atom is 0.0637 e. The highest BCUT2D eigenvalue weighted by molar-refractivity contribution is 5.15. The SMILES string of the molecule is C[C@H](CCCO)[C@H]1CC[C@H]2C3[C@H](OCCN)CC4C[C@H](OCCN)CCC4(C)[C@H]3C[C@H](OCCN)[C@]12C. The molecule has 11 atom stereocenters. The Labute approximate surface area is 225 Å². The van der Waals surface area contributed by atoms with Gasteiger partial charge in [0, 0.05) is 31.7 Å². The van der Waals surface area contributed by atoms with E-state index in [4.69, 9.17) is 31.4 Å². The average Bonchev–Trinajstić information content (AvgIpc) is 3.26. The van der Waals surface area contributed by atoms with E-state index in [9.17, 15) is 5.11 Å². The van der Waals surface area contributed by atoms with Crippen LogP contribution in [0.2, 0.25) is 0 Å². The second kappa shape index (κ2) is 12.9. The van der Waals surface area contributed by atoms with Crippen LogP contribution in [0.25, 0.3) is 0 Å². The summed E-state index contributed by atoms with van der Waals surface area (Å²) in [7, 11) is 0. The molecule has 4 fully saturated rings. The number of hydrogen-bond donors (Lipinski definition) is 4. The molecule has 4 aliphatic rings. The number of rotatable bonds is 13. The first-order valence-electron chi connectivity index (χ1n) is 15.4. The minimum absolute atomic E-state index is 0.111. The first-order valence-corrected chi connectivity index (χ1v) is 15.4. The van der Waals surface area contributed by atoms with Crippen molar-refractivity contribution in [3.05, 3.63) is 0 Å². The van der Waals surface area contributed by atoms with Crippen LogP contribution in [0.15, 0.2) is 0 Å². The number of ether oxygens (including phenoxy) is 3. The van der Waals surface area contributed by atoms with Crippen molar-refractivity contribution in [1.29, 1.82) is 0 Å². The summed E-state index contributed by atoms with van der Waals surface area (Å²) >= 11 is 0. The third kappa shape index (κ3) is 5.66. The molecule has 0 saturated heterocycles. The first-order chi connectivity index (χ1) is 17.8. The predicted molar refractivity (Wildman–Crippen MR) is 148 cm³/mol. The van der Waals surface area contributed by atoms with Crippen LogP contribution < -0.4 is 17.2 Å². The van der Waals surface area contributed by atoms with E-state index in [1.54, 1.807) is 0 Å². The number of fused-ring (bicyclic) bond motifs is 5. The zero-order valence-electron chi connectivity index (χ0n) is 23.9. The summed E-state index contributed by atoms with van der Waals surface area (Å²) < 4.78 is 19.6. The smallest absolute Gasteiger partial charge is 0.0637 e. The maximum atomic E-state index is 9.52. The second-order valence-corrected chi connectivity index (χ2v) is 13.3. The molecule has 0 aromatic heterocycles. The molecule has 4 saturated carbocycles. The van der Waals surface area contributed by atoms with E-state index in [1.165, 1.54) is 19.3 Å². The molecule has 4 rings (SSSR count). The van der Waals surface area contributed by atoms with E-state index in [2.05, 4.69) is 20.8 Å². The molecule has 0 heterocycles. The maximum absolute atomic E-state index is 9.52. The van der Waals surface area contributed by atoms with Crippen LogP contribution in [0.4, 0.5) is 0 Å². The fourth-order valence-electron chi connectivity index (χ4n) is 9.92. The van der Waals surface area contributed by atoms with Crippen LogP contribution in [0, 0.1) is 46.3 Å². The van der Waals surface area contributed by atoms with Crippen LogP contribution >= 0.6 is 0 Å². The van der Waals surface area contributed by atoms with Gasteiger partial charge in [-0.1, -0.05) is 20.8 Å². The Kier molecular flexibility index (Phi) is 10.4. The highest BCUT2D eigenvalue weighted by Crippen LogP contribution is 2.69. The van der Waals surface area contributed by atoms with E-state index in [-0.39, 0.29) is 29.6 Å². The molecule has 4 aliphatic carbocycles. The molecule has 0 radical (unpaired) electrons. The van der Waals surface area contributed by atoms with Gasteiger partial charge in [0.15, 0.2) is 0 Å². The van der Waals surface area contributed by atoms with E-state index < -0.39 is 0 Å². The van der Waals surface area contributed by atoms with Crippen molar-refractivity contribution >= 4 is 0 Å². The van der Waals surface area contributed by atoms with Gasteiger partial charge in [-0.3, -0.25) is 0 Å². The molecule has 0 amide bonds. The zero-order chi connectivity index (χ0) is 26.6. The van der Waals surface area contributed by atoms with E-state index in [0.29, 0.717) is 81.1 Å². The molecule has 3 unspecified atom stereocenters. The molecular formula is C30H57N3O4. The lowest BCUT2D eigenvalue weighted by molar-refractivity contribution is -0.226. The quantitative estimate of drug-likeness (QED) is 0.292. The van der Waals surface area contributed by atoms with Crippen LogP contribution in [0.1, 0.15) is 78.6 Å². The Morgan fingerprint density at radius 1 is 0.865 bits per heavy atom. The van der Waals surface area contributed by atoms with Crippen LogP contribution in [-0.4, -0.2) is 69.5 Å². The Balaban J connectivity index is 1.66. The molecule has 7 nitrogen and oxygen atoms in total. The second-order valence-electron chi connectivity index (χ2n) is 13.3. The van der Waals surface area contributed by atoms with E-state index in [0.717, 1.165) is 38.5 Å². The molecule has 7 N–H and O–H groups in total. The van der Waals surface area contributed by atoms with Crippen LogP contribution in [0.3, 0.4) is 0 Å². The Bertz CT molecular complexity index is 712. The van der Waals surface area contributed by atoms with E-state index >= 15 is 0 Å². The molecular weight excluding hydrogens is 466 g/mol. The average molecular weight is 524 g/mol. The summed E-state index contributed by atoms with van der Waals surface area (Å²) in [4.78, 5) is 0. The van der Waals surface area contributed by atoms with Crippen molar-refractivity contribution in [2.45, 2.75) is 96.9 Å². The van der Waals surface area contributed by atoms with Crippen molar-refractivity contribution in [3.63, 3.8) is 0 Å². The summed E-state index contributed by atoms with van der Waals surface area (Å²) in [5, 5.41) is 9.52. The van der Waals surface area contributed by atoms with Gasteiger partial charge in [-0.15, -0.1) is 0 Å². The largest absolute Gasteiger partial charge is 0.396 e. The number of aliphatic hydroxyl groups is 1. The lowest BCUT2D eigenvalue weighted by Crippen LogP contribution is -2.63. The fourth-order valence-corrected chi connectivity index (χ4v) is 9.92. The van der Waals surface area contributed by atoms with Gasteiger partial charge in [-0.25, -0.2) is 0 Å². The summed E-state index contributed by atoms with van der Waals surface area (Å²) in [6.45, 7) is 11.4. The summed E-state index contributed by atoms with van der Waals surface area (Å²) in [5.41, 5.74) is 18.1. The summed E-state index contributed by atoms with van der Waals surface area (Å²) in [5.74, 6) is 3.49. The summed E-state index contributed by atoms with van der Waals surface area (Å²) in [6, 6.07) is 0. The van der Waals surface area contributed by atoms with Crippen LogP contribution in [-0.2, 0) is 14.2 Å². The third-order valence-corrected chi connectivity index (χ3v) is 11.6. The lowest BCUT2D eigenvalue weighted by atomic mass is 9.43. The van der Waals surface area contributed by atoms with Gasteiger partial charge in [0.1, 0.15) is 0 Å². The highest BCUT2D eigenvalue weighted by Gasteiger charge is 2.66. The Morgan fingerprint density at radius 3 is 2.27 bits per heavy atom. The van der Waals surface area contributed by atoms with Gasteiger partial charge in [0.25, 0.3) is 0 Å². The van der Waals surface area contributed by atoms with Gasteiger partial charge < -0.3 is 36.5 Å². The van der Waals surface area contributed by atoms with Gasteiger partial charge >= 0.3 is 0 Å². The van der Waals surface area contributed by atoms with Crippen molar-refractivity contribution in [2.24, 2.45) is 63.5 Å². The van der Waals surface area contributed by atoms with Crippen molar-refractivity contribution in [3.8, 4) is 0 Å². The minimum atomic E-state index is 0.111. The molecule has 216 valence electrons. The topological polar surface area (TPSA) is 126 Å². The van der Waals surface area contributed by atoms with Crippen molar-refractivity contribution < 1.29 is 19.3 Å². The van der Waals surface area contributed by atoms with Crippen LogP contribution in [0.5, 0.6) is 0 Å². The number of aliphatic hydroxyl groups excluding tert-OH is 1. The standard InChI is InChI=1S/C30H57N3O4/c1-20(5-4-13-34)23-6-7-24-28-25(19-27(30(23,24)3)37-16-12-33)29(2)9-8-22(35-14-10-31)17-21(29)18-26(28)36-15-11-32/h20-28,34H,4-19,31-33H2,1-3H3/t20-,21?,22-,23-,24+,25+,26-,27+,28?,29?,30-/m1/s1. The molecule has 37 heavy (non-hydrogen) atoms. The van der Waals surface area contributed by atoms with Crippen molar-refractivity contribution in [2.75, 3.05) is 46.1 Å². The fraction of sp³-hybridized carbons (Fsp3) is 1.00. The molecule has 0 aliphatic heterocycles. The highest BCUT2D eigenvalue weighted by atomic mass is 16.5. The number of hydrogen-bond acceptors (Lipinski definition) is 7. The summed E-state index contributed by atoms with van der Waals surface area (Å²) in [6.07, 6.45) is 10.9. The first kappa shape index (κ1) is 29.7. The van der Waals surface area contributed by atoms with Crippen molar-refractivity contribution in [1.82, 2.24) is 0 Å². The third-order valence-electron chi connectivity index (χ3n) is 11.6. The molecule has 0 bridgehead atoms. The minimum Gasteiger partial charge on any atom is -0.396 e. The zero-order valence-corrected chi connectivity index (χ0v) is 23.9. The molecule has 7 heteroatoms. The van der Waals surface area contributed by atoms with E-state index in [1.807, 2.05) is 0 Å². The molecule has 0 spiro atoms. The lowest BCUT2D eigenvalue weighted by Gasteiger charge is -2.64. The molecule has 0 aromatic rings. The Hall–Kier alpha value is -0.280. The Morgan fingerprint density at radius 2 is 1.57 bits per heavy atom. The van der Waals surface area contributed by atoms with Gasteiger partial charge in [0.2, 0.25) is 0 Å². The monoisotopic (exact) mass is 523 g/mol. The number of nitrogens with two attached hydrogens (primary N) is 3. The predicted octanol–water partition coefficient (Wildman–Crippen LogP) is 3.31. The van der Waals surface area contributed by atoms with Gasteiger partial charge in [-0.2, -0.15) is 0 Å².